The number of nitrogens with zero attached hydrogens (tertiary/aromatic N) is 3. The number of hydrogen-bond acceptors (Lipinski definition) is 6. The molecule has 0 saturated heterocycles. The summed E-state index contributed by atoms with van der Waals surface area (Å²) in [6, 6.07) is 15.8. The van der Waals surface area contributed by atoms with Crippen molar-refractivity contribution in [3.63, 3.8) is 0 Å². The number of thioether (sulfide) groups is 1. The Morgan fingerprint density at radius 1 is 1.18 bits per heavy atom. The van der Waals surface area contributed by atoms with Gasteiger partial charge in [0.25, 0.3) is 5.56 Å². The van der Waals surface area contributed by atoms with Gasteiger partial charge in [0, 0.05) is 34.8 Å². The second-order valence-corrected chi connectivity index (χ2v) is 11.0. The van der Waals surface area contributed by atoms with Gasteiger partial charge >= 0.3 is 0 Å². The van der Waals surface area contributed by atoms with Crippen molar-refractivity contribution < 1.29 is 4.74 Å². The van der Waals surface area contributed by atoms with Crippen LogP contribution in [0.15, 0.2) is 58.5 Å². The van der Waals surface area contributed by atoms with Gasteiger partial charge in [-0.05, 0) is 61.7 Å². The molecule has 8 heteroatoms. The highest BCUT2D eigenvalue weighted by atomic mass is 35.5. The summed E-state index contributed by atoms with van der Waals surface area (Å²) in [5.74, 6) is 1.37. The molecule has 5 rings (SSSR count). The number of hydrogen-bond donors (Lipinski definition) is 0. The Morgan fingerprint density at radius 2 is 1.94 bits per heavy atom. The molecule has 0 unspecified atom stereocenters. The number of thiophene rings is 1. The fraction of sp³-hybridized carbons (Fsp3) is 0.308. The quantitative estimate of drug-likeness (QED) is 0.229. The third kappa shape index (κ3) is 4.38. The standard InChI is InChI=1S/C26H26ClN3O2S2/c1-16(2)29-13-12-20-22(14-29)34-24-23(20)25(31)30(18-8-10-19(32-3)11-9-18)26(28-24)33-15-17-6-4-5-7-21(17)27/h4-11,16H,12-15H2,1-3H3. The van der Waals surface area contributed by atoms with Crippen molar-refractivity contribution in [1.82, 2.24) is 14.5 Å². The van der Waals surface area contributed by atoms with E-state index in [4.69, 9.17) is 21.3 Å². The van der Waals surface area contributed by atoms with E-state index in [1.165, 1.54) is 22.2 Å². The highest BCUT2D eigenvalue weighted by molar-refractivity contribution is 7.98. The van der Waals surface area contributed by atoms with Gasteiger partial charge in [0.05, 0.1) is 18.2 Å². The molecule has 0 atom stereocenters. The van der Waals surface area contributed by atoms with Gasteiger partial charge < -0.3 is 4.74 Å². The fourth-order valence-electron chi connectivity index (χ4n) is 4.30. The van der Waals surface area contributed by atoms with Crippen molar-refractivity contribution in [2.24, 2.45) is 0 Å². The summed E-state index contributed by atoms with van der Waals surface area (Å²) in [4.78, 5) is 23.5. The van der Waals surface area contributed by atoms with Crippen LogP contribution in [0.5, 0.6) is 5.75 Å². The van der Waals surface area contributed by atoms with Crippen LogP contribution in [-0.4, -0.2) is 34.1 Å². The second-order valence-electron chi connectivity index (χ2n) is 8.61. The first-order valence-corrected chi connectivity index (χ1v) is 13.5. The van der Waals surface area contributed by atoms with Gasteiger partial charge in [-0.3, -0.25) is 14.3 Å². The zero-order valence-corrected chi connectivity index (χ0v) is 21.8. The molecule has 0 aliphatic carbocycles. The summed E-state index contributed by atoms with van der Waals surface area (Å²) in [7, 11) is 1.64. The molecule has 0 bridgehead atoms. The molecular weight excluding hydrogens is 486 g/mol. The molecule has 0 radical (unpaired) electrons. The van der Waals surface area contributed by atoms with Gasteiger partial charge in [-0.25, -0.2) is 4.98 Å². The summed E-state index contributed by atoms with van der Waals surface area (Å²) < 4.78 is 7.06. The predicted octanol–water partition coefficient (Wildman–Crippen LogP) is 6.17. The molecule has 5 nitrogen and oxygen atoms in total. The Kier molecular flexibility index (Phi) is 6.71. The van der Waals surface area contributed by atoms with Crippen LogP contribution < -0.4 is 10.3 Å². The van der Waals surface area contributed by atoms with Crippen LogP contribution in [0.1, 0.15) is 29.9 Å². The number of rotatable bonds is 6. The largest absolute Gasteiger partial charge is 0.497 e. The average molecular weight is 512 g/mol. The molecule has 0 fully saturated rings. The van der Waals surface area contributed by atoms with E-state index in [-0.39, 0.29) is 5.56 Å². The molecule has 2 aromatic heterocycles. The highest BCUT2D eigenvalue weighted by Crippen LogP contribution is 2.35. The van der Waals surface area contributed by atoms with Crippen molar-refractivity contribution in [1.29, 1.82) is 0 Å². The average Bonchev–Trinajstić information content (AvgIpc) is 3.21. The monoisotopic (exact) mass is 511 g/mol. The molecule has 0 saturated carbocycles. The molecule has 1 aliphatic rings. The minimum absolute atomic E-state index is 0.00711. The molecule has 3 heterocycles. The van der Waals surface area contributed by atoms with E-state index in [0.29, 0.717) is 17.0 Å². The van der Waals surface area contributed by atoms with Gasteiger partial charge in [0.15, 0.2) is 5.16 Å². The maximum absolute atomic E-state index is 14.0. The van der Waals surface area contributed by atoms with Crippen LogP contribution in [-0.2, 0) is 18.7 Å². The summed E-state index contributed by atoms with van der Waals surface area (Å²) in [6.07, 6.45) is 0.874. The Balaban J connectivity index is 1.64. The van der Waals surface area contributed by atoms with Gasteiger partial charge in [-0.15, -0.1) is 11.3 Å². The van der Waals surface area contributed by atoms with Gasteiger partial charge in [-0.2, -0.15) is 0 Å². The Labute approximate surface area is 212 Å². The van der Waals surface area contributed by atoms with Crippen LogP contribution in [0.4, 0.5) is 0 Å². The van der Waals surface area contributed by atoms with E-state index in [2.05, 4.69) is 18.7 Å². The summed E-state index contributed by atoms with van der Waals surface area (Å²) in [5, 5.41) is 2.15. The van der Waals surface area contributed by atoms with Crippen LogP contribution >= 0.6 is 34.7 Å². The third-order valence-electron chi connectivity index (χ3n) is 6.25. The molecule has 2 aromatic carbocycles. The van der Waals surface area contributed by atoms with E-state index in [1.54, 1.807) is 23.0 Å². The van der Waals surface area contributed by atoms with Crippen LogP contribution in [0.25, 0.3) is 15.9 Å². The minimum Gasteiger partial charge on any atom is -0.497 e. The lowest BCUT2D eigenvalue weighted by atomic mass is 10.0. The number of benzene rings is 2. The zero-order valence-electron chi connectivity index (χ0n) is 19.4. The Bertz CT molecular complexity index is 1400. The Hall–Kier alpha value is -2.32. The fourth-order valence-corrected chi connectivity index (χ4v) is 6.88. The predicted molar refractivity (Wildman–Crippen MR) is 142 cm³/mol. The van der Waals surface area contributed by atoms with E-state index >= 15 is 0 Å². The summed E-state index contributed by atoms with van der Waals surface area (Å²) >= 11 is 9.59. The minimum atomic E-state index is -0.00711. The van der Waals surface area contributed by atoms with Gasteiger partial charge in [0.2, 0.25) is 0 Å². The van der Waals surface area contributed by atoms with Crippen molar-refractivity contribution in [2.45, 2.75) is 43.8 Å². The first-order valence-electron chi connectivity index (χ1n) is 11.3. The lowest BCUT2D eigenvalue weighted by Crippen LogP contribution is -2.35. The van der Waals surface area contributed by atoms with E-state index in [0.717, 1.165) is 51.7 Å². The van der Waals surface area contributed by atoms with E-state index in [1.807, 2.05) is 48.5 Å². The van der Waals surface area contributed by atoms with Gasteiger partial charge in [-0.1, -0.05) is 41.6 Å². The number of ether oxygens (including phenoxy) is 1. The lowest BCUT2D eigenvalue weighted by Gasteiger charge is -2.30. The van der Waals surface area contributed by atoms with Crippen LogP contribution in [0, 0.1) is 0 Å². The third-order valence-corrected chi connectivity index (χ3v) is 8.72. The zero-order chi connectivity index (χ0) is 23.8. The maximum Gasteiger partial charge on any atom is 0.267 e. The molecule has 4 aromatic rings. The topological polar surface area (TPSA) is 47.4 Å². The second kappa shape index (κ2) is 9.74. The summed E-state index contributed by atoms with van der Waals surface area (Å²) in [5.41, 5.74) is 2.95. The molecule has 176 valence electrons. The molecule has 34 heavy (non-hydrogen) atoms. The van der Waals surface area contributed by atoms with Crippen molar-refractivity contribution in [2.75, 3.05) is 13.7 Å². The lowest BCUT2D eigenvalue weighted by molar-refractivity contribution is 0.206. The normalized spacial score (nSPS) is 14.0. The van der Waals surface area contributed by atoms with Crippen molar-refractivity contribution in [3.05, 3.63) is 79.9 Å². The highest BCUT2D eigenvalue weighted by Gasteiger charge is 2.26. The first-order chi connectivity index (χ1) is 16.5. The van der Waals surface area contributed by atoms with Crippen molar-refractivity contribution >= 4 is 44.9 Å². The van der Waals surface area contributed by atoms with Crippen LogP contribution in [0.3, 0.4) is 0 Å². The maximum atomic E-state index is 14.0. The van der Waals surface area contributed by atoms with Gasteiger partial charge in [0.1, 0.15) is 10.6 Å². The van der Waals surface area contributed by atoms with Crippen LogP contribution in [0.2, 0.25) is 5.02 Å². The number of fused-ring (bicyclic) bond motifs is 3. The Morgan fingerprint density at radius 3 is 2.65 bits per heavy atom. The summed E-state index contributed by atoms with van der Waals surface area (Å²) in [6.45, 7) is 6.27. The first kappa shape index (κ1) is 23.4. The SMILES string of the molecule is COc1ccc(-n2c(SCc3ccccc3Cl)nc3sc4c(c3c2=O)CCN(C(C)C)C4)cc1. The number of methoxy groups -OCH3 is 1. The molecule has 0 N–H and O–H groups in total. The molecule has 1 aliphatic heterocycles. The van der Waals surface area contributed by atoms with E-state index < -0.39 is 0 Å². The molecule has 0 amide bonds. The smallest absolute Gasteiger partial charge is 0.267 e. The number of halogens is 1. The van der Waals surface area contributed by atoms with E-state index in [9.17, 15) is 4.79 Å². The molecular formula is C26H26ClN3O2S2. The van der Waals surface area contributed by atoms with Crippen molar-refractivity contribution in [3.8, 4) is 11.4 Å². The number of aromatic nitrogens is 2. The molecule has 0 spiro atoms.